The van der Waals surface area contributed by atoms with Gasteiger partial charge < -0.3 is 4.90 Å². The van der Waals surface area contributed by atoms with Crippen LogP contribution in [-0.4, -0.2) is 38.9 Å². The quantitative estimate of drug-likeness (QED) is 0.859. The Labute approximate surface area is 146 Å². The zero-order valence-corrected chi connectivity index (χ0v) is 14.3. The van der Waals surface area contributed by atoms with Crippen LogP contribution in [0.25, 0.3) is 0 Å². The fourth-order valence-corrected chi connectivity index (χ4v) is 4.33. The van der Waals surface area contributed by atoms with Crippen LogP contribution in [0.5, 0.6) is 0 Å². The van der Waals surface area contributed by atoms with E-state index in [1.807, 2.05) is 29.2 Å². The smallest absolute Gasteiger partial charge is 0.233 e. The standard InChI is InChI=1S/C18H21ClN4O/c19-15-5-3-14(4-6-15)18(8-1-2-9-18)17(24)22-12-7-16(13-22)23-20-10-11-21-23/h3-6,10-11,16H,1-2,7-9,12-13H2/t16-/m1/s1. The van der Waals surface area contributed by atoms with Gasteiger partial charge in [0, 0.05) is 18.1 Å². The highest BCUT2D eigenvalue weighted by atomic mass is 35.5. The van der Waals surface area contributed by atoms with Crippen LogP contribution < -0.4 is 0 Å². The van der Waals surface area contributed by atoms with Crippen LogP contribution in [0.1, 0.15) is 43.7 Å². The first-order valence-corrected chi connectivity index (χ1v) is 8.98. The maximum atomic E-state index is 13.4. The minimum Gasteiger partial charge on any atom is -0.340 e. The zero-order chi connectivity index (χ0) is 16.6. The molecule has 2 aliphatic rings. The largest absolute Gasteiger partial charge is 0.340 e. The molecular weight excluding hydrogens is 324 g/mol. The summed E-state index contributed by atoms with van der Waals surface area (Å²) in [6, 6.07) is 8.02. The van der Waals surface area contributed by atoms with Crippen molar-refractivity contribution in [3.05, 3.63) is 47.2 Å². The summed E-state index contributed by atoms with van der Waals surface area (Å²) in [6.45, 7) is 1.48. The number of halogens is 1. The second-order valence-electron chi connectivity index (χ2n) is 6.84. The van der Waals surface area contributed by atoms with Crippen molar-refractivity contribution in [3.63, 3.8) is 0 Å². The SMILES string of the molecule is O=C(N1CC[C@@H](n2nccn2)C1)C1(c2ccc(Cl)cc2)CCCC1. The number of nitrogens with zero attached hydrogens (tertiary/aromatic N) is 4. The molecule has 0 N–H and O–H groups in total. The topological polar surface area (TPSA) is 51.0 Å². The Balaban J connectivity index is 1.58. The zero-order valence-electron chi connectivity index (χ0n) is 13.6. The molecule has 1 amide bonds. The third kappa shape index (κ3) is 2.61. The van der Waals surface area contributed by atoms with E-state index in [4.69, 9.17) is 11.6 Å². The maximum absolute atomic E-state index is 13.4. The number of likely N-dealkylation sites (tertiary alicyclic amines) is 1. The van der Waals surface area contributed by atoms with Gasteiger partial charge in [0.2, 0.25) is 5.91 Å². The van der Waals surface area contributed by atoms with Gasteiger partial charge >= 0.3 is 0 Å². The molecule has 1 aliphatic carbocycles. The summed E-state index contributed by atoms with van der Waals surface area (Å²) in [5, 5.41) is 9.17. The monoisotopic (exact) mass is 344 g/mol. The van der Waals surface area contributed by atoms with Crippen molar-refractivity contribution in [2.45, 2.75) is 43.6 Å². The van der Waals surface area contributed by atoms with Gasteiger partial charge in [0.05, 0.1) is 23.9 Å². The van der Waals surface area contributed by atoms with Crippen molar-refractivity contribution >= 4 is 17.5 Å². The average molecular weight is 345 g/mol. The molecule has 1 aromatic carbocycles. The average Bonchev–Trinajstić information content (AvgIpc) is 3.34. The van der Waals surface area contributed by atoms with Gasteiger partial charge in [-0.3, -0.25) is 4.79 Å². The number of hydrogen-bond acceptors (Lipinski definition) is 3. The predicted molar refractivity (Wildman–Crippen MR) is 91.9 cm³/mol. The molecule has 1 saturated carbocycles. The molecule has 6 heteroatoms. The minimum atomic E-state index is -0.378. The van der Waals surface area contributed by atoms with Gasteiger partial charge in [-0.05, 0) is 37.0 Å². The predicted octanol–water partition coefficient (Wildman–Crippen LogP) is 3.22. The summed E-state index contributed by atoms with van der Waals surface area (Å²) in [6.07, 6.45) is 8.35. The Morgan fingerprint density at radius 3 is 2.46 bits per heavy atom. The molecule has 0 radical (unpaired) electrons. The van der Waals surface area contributed by atoms with E-state index in [-0.39, 0.29) is 17.4 Å². The molecule has 2 aromatic rings. The first-order valence-electron chi connectivity index (χ1n) is 8.60. The normalized spacial score (nSPS) is 22.9. The van der Waals surface area contributed by atoms with Gasteiger partial charge in [0.25, 0.3) is 0 Å². The molecule has 1 atom stereocenters. The summed E-state index contributed by atoms with van der Waals surface area (Å²) >= 11 is 6.03. The summed E-state index contributed by atoms with van der Waals surface area (Å²) in [7, 11) is 0. The van der Waals surface area contributed by atoms with Crippen molar-refractivity contribution in [2.24, 2.45) is 0 Å². The molecule has 1 aliphatic heterocycles. The van der Waals surface area contributed by atoms with Crippen LogP contribution >= 0.6 is 11.6 Å². The Morgan fingerprint density at radius 1 is 1.12 bits per heavy atom. The van der Waals surface area contributed by atoms with E-state index in [1.54, 1.807) is 17.2 Å². The van der Waals surface area contributed by atoms with Crippen molar-refractivity contribution < 1.29 is 4.79 Å². The van der Waals surface area contributed by atoms with Crippen LogP contribution in [0, 0.1) is 0 Å². The van der Waals surface area contributed by atoms with Gasteiger partial charge in [-0.25, -0.2) is 0 Å². The van der Waals surface area contributed by atoms with Crippen molar-refractivity contribution in [1.29, 1.82) is 0 Å². The number of amides is 1. The van der Waals surface area contributed by atoms with Gasteiger partial charge in [-0.1, -0.05) is 36.6 Å². The van der Waals surface area contributed by atoms with Gasteiger partial charge in [-0.15, -0.1) is 0 Å². The van der Waals surface area contributed by atoms with E-state index >= 15 is 0 Å². The van der Waals surface area contributed by atoms with Crippen LogP contribution in [0.4, 0.5) is 0 Å². The fourth-order valence-electron chi connectivity index (χ4n) is 4.21. The Bertz CT molecular complexity index is 707. The first-order chi connectivity index (χ1) is 11.7. The Kier molecular flexibility index (Phi) is 4.04. The number of carbonyl (C=O) groups excluding carboxylic acids is 1. The van der Waals surface area contributed by atoms with Crippen LogP contribution in [0.3, 0.4) is 0 Å². The molecule has 1 aromatic heterocycles. The van der Waals surface area contributed by atoms with E-state index in [1.165, 1.54) is 0 Å². The molecular formula is C18H21ClN4O. The number of aromatic nitrogens is 3. The van der Waals surface area contributed by atoms with Gasteiger partial charge in [0.15, 0.2) is 0 Å². The second-order valence-corrected chi connectivity index (χ2v) is 7.28. The van der Waals surface area contributed by atoms with Crippen LogP contribution in [0.2, 0.25) is 5.02 Å². The molecule has 0 unspecified atom stereocenters. The molecule has 126 valence electrons. The van der Waals surface area contributed by atoms with E-state index in [2.05, 4.69) is 10.2 Å². The molecule has 1 saturated heterocycles. The summed E-state index contributed by atoms with van der Waals surface area (Å²) in [4.78, 5) is 17.2. The Morgan fingerprint density at radius 2 is 1.79 bits per heavy atom. The van der Waals surface area contributed by atoms with E-state index in [9.17, 15) is 4.79 Å². The molecule has 0 bridgehead atoms. The van der Waals surface area contributed by atoms with E-state index in [0.29, 0.717) is 11.6 Å². The van der Waals surface area contributed by atoms with Gasteiger partial charge in [0.1, 0.15) is 0 Å². The van der Waals surface area contributed by atoms with Crippen molar-refractivity contribution in [3.8, 4) is 0 Å². The number of carbonyl (C=O) groups is 1. The van der Waals surface area contributed by atoms with Crippen LogP contribution in [0.15, 0.2) is 36.7 Å². The summed E-state index contributed by atoms with van der Waals surface area (Å²) in [5.74, 6) is 0.261. The number of hydrogen-bond donors (Lipinski definition) is 0. The number of benzene rings is 1. The fraction of sp³-hybridized carbons (Fsp3) is 0.500. The summed E-state index contributed by atoms with van der Waals surface area (Å²) in [5.41, 5.74) is 0.729. The molecule has 4 rings (SSSR count). The lowest BCUT2D eigenvalue weighted by atomic mass is 9.77. The van der Waals surface area contributed by atoms with Crippen molar-refractivity contribution in [2.75, 3.05) is 13.1 Å². The van der Waals surface area contributed by atoms with Crippen molar-refractivity contribution in [1.82, 2.24) is 19.9 Å². The highest BCUT2D eigenvalue weighted by Gasteiger charge is 2.46. The molecule has 5 nitrogen and oxygen atoms in total. The lowest BCUT2D eigenvalue weighted by Crippen LogP contribution is -2.44. The van der Waals surface area contributed by atoms with Crippen LogP contribution in [-0.2, 0) is 10.2 Å². The maximum Gasteiger partial charge on any atom is 0.233 e. The summed E-state index contributed by atoms with van der Waals surface area (Å²) < 4.78 is 0. The first kappa shape index (κ1) is 15.6. The van der Waals surface area contributed by atoms with E-state index in [0.717, 1.165) is 44.2 Å². The molecule has 2 fully saturated rings. The lowest BCUT2D eigenvalue weighted by Gasteiger charge is -2.33. The second kappa shape index (κ2) is 6.20. The molecule has 0 spiro atoms. The van der Waals surface area contributed by atoms with E-state index < -0.39 is 0 Å². The highest BCUT2D eigenvalue weighted by molar-refractivity contribution is 6.30. The third-order valence-electron chi connectivity index (χ3n) is 5.48. The Hall–Kier alpha value is -1.88. The third-order valence-corrected chi connectivity index (χ3v) is 5.73. The number of rotatable bonds is 3. The lowest BCUT2D eigenvalue weighted by molar-refractivity contribution is -0.136. The molecule has 24 heavy (non-hydrogen) atoms. The van der Waals surface area contributed by atoms with Gasteiger partial charge in [-0.2, -0.15) is 15.0 Å². The minimum absolute atomic E-state index is 0.188. The molecule has 2 heterocycles. The highest BCUT2D eigenvalue weighted by Crippen LogP contribution is 2.43.